The third kappa shape index (κ3) is 5.10. The van der Waals surface area contributed by atoms with Crippen LogP contribution in [0.2, 0.25) is 0 Å². The second kappa shape index (κ2) is 11.2. The Hall–Kier alpha value is -3.88. The van der Waals surface area contributed by atoms with Gasteiger partial charge in [-0.2, -0.15) is 4.98 Å². The molecule has 0 amide bonds. The fourth-order valence-corrected chi connectivity index (χ4v) is 4.92. The second-order valence-corrected chi connectivity index (χ2v) is 9.87. The Kier molecular flexibility index (Phi) is 8.04. The summed E-state index contributed by atoms with van der Waals surface area (Å²) in [4.78, 5) is 26.5. The molecular formula is C29H38FN7O. The van der Waals surface area contributed by atoms with Crippen LogP contribution in [0, 0.1) is 6.92 Å². The van der Waals surface area contributed by atoms with Crippen molar-refractivity contribution in [3.63, 3.8) is 0 Å². The van der Waals surface area contributed by atoms with Crippen molar-refractivity contribution in [3.8, 4) is 0 Å². The fourth-order valence-electron chi connectivity index (χ4n) is 4.92. The molecule has 3 aromatic rings. The van der Waals surface area contributed by atoms with E-state index in [0.29, 0.717) is 29.2 Å². The lowest BCUT2D eigenvalue weighted by molar-refractivity contribution is 0.368. The average molecular weight is 520 g/mol. The van der Waals surface area contributed by atoms with E-state index >= 15 is 0 Å². The van der Waals surface area contributed by atoms with Crippen molar-refractivity contribution in [3.05, 3.63) is 70.7 Å². The summed E-state index contributed by atoms with van der Waals surface area (Å²) in [6, 6.07) is 6.22. The van der Waals surface area contributed by atoms with Gasteiger partial charge in [0.2, 0.25) is 5.95 Å². The zero-order valence-corrected chi connectivity index (χ0v) is 23.3. The summed E-state index contributed by atoms with van der Waals surface area (Å²) < 4.78 is 18.1. The summed E-state index contributed by atoms with van der Waals surface area (Å²) in [6.45, 7) is 18.6. The van der Waals surface area contributed by atoms with E-state index in [1.165, 1.54) is 18.0 Å². The highest BCUT2D eigenvalue weighted by Gasteiger charge is 2.24. The number of anilines is 3. The number of aromatic nitrogens is 4. The molecule has 1 N–H and O–H groups in total. The Morgan fingerprint density at radius 3 is 2.47 bits per heavy atom. The SMILES string of the molecule is C=C1C(F)=CC(n2c3nc(Nc4ccc(N(CCC)CCC)c(C)c4)ncc3c(=O)n2CC)=CN1C(C)C. The third-order valence-electron chi connectivity index (χ3n) is 6.69. The fraction of sp³-hybridized carbons (Fsp3) is 0.414. The van der Waals surface area contributed by atoms with Gasteiger partial charge in [-0.3, -0.25) is 4.79 Å². The van der Waals surface area contributed by atoms with Gasteiger partial charge in [0.1, 0.15) is 11.2 Å². The zero-order valence-electron chi connectivity index (χ0n) is 23.3. The van der Waals surface area contributed by atoms with Crippen LogP contribution < -0.4 is 15.8 Å². The second-order valence-electron chi connectivity index (χ2n) is 9.87. The molecule has 2 aromatic heterocycles. The quantitative estimate of drug-likeness (QED) is 0.345. The van der Waals surface area contributed by atoms with Crippen LogP contribution in [0.5, 0.6) is 0 Å². The number of hydrogen-bond acceptors (Lipinski definition) is 6. The summed E-state index contributed by atoms with van der Waals surface area (Å²) in [7, 11) is 0. The van der Waals surface area contributed by atoms with Crippen molar-refractivity contribution >= 4 is 34.1 Å². The lowest BCUT2D eigenvalue weighted by atomic mass is 10.1. The topological polar surface area (TPSA) is 71.2 Å². The molecule has 202 valence electrons. The van der Waals surface area contributed by atoms with Crippen molar-refractivity contribution in [2.45, 2.75) is 67.0 Å². The predicted octanol–water partition coefficient (Wildman–Crippen LogP) is 6.18. The van der Waals surface area contributed by atoms with E-state index < -0.39 is 5.83 Å². The lowest BCUT2D eigenvalue weighted by Gasteiger charge is -2.30. The van der Waals surface area contributed by atoms with Gasteiger partial charge in [0.05, 0.1) is 11.4 Å². The van der Waals surface area contributed by atoms with Gasteiger partial charge < -0.3 is 15.1 Å². The van der Waals surface area contributed by atoms with Crippen molar-refractivity contribution in [2.75, 3.05) is 23.3 Å². The summed E-state index contributed by atoms with van der Waals surface area (Å²) in [5.41, 5.74) is 4.20. The maximum atomic E-state index is 14.9. The monoisotopic (exact) mass is 519 g/mol. The van der Waals surface area contributed by atoms with E-state index in [9.17, 15) is 9.18 Å². The van der Waals surface area contributed by atoms with E-state index in [0.717, 1.165) is 37.2 Å². The Bertz CT molecular complexity index is 1460. The normalized spacial score (nSPS) is 13.8. The van der Waals surface area contributed by atoms with Crippen molar-refractivity contribution in [2.24, 2.45) is 0 Å². The maximum absolute atomic E-state index is 14.9. The molecule has 0 unspecified atom stereocenters. The lowest BCUT2D eigenvalue weighted by Crippen LogP contribution is -2.29. The average Bonchev–Trinajstić information content (AvgIpc) is 3.16. The molecular weight excluding hydrogens is 481 g/mol. The van der Waals surface area contributed by atoms with Crippen LogP contribution in [-0.2, 0) is 6.54 Å². The smallest absolute Gasteiger partial charge is 0.278 e. The standard InChI is InChI=1S/C29H38FN7O/c1-8-13-34(14-9-2)26-12-11-22(15-20(26)6)32-29-31-17-24-27(33-29)37(36(10-3)28(24)38)23-16-25(30)21(7)35(18-23)19(4)5/h11-12,15-19H,7-10,13-14H2,1-6H3,(H,31,32,33). The van der Waals surface area contributed by atoms with Gasteiger partial charge in [0, 0.05) is 55.5 Å². The number of benzene rings is 1. The van der Waals surface area contributed by atoms with Crippen molar-refractivity contribution < 1.29 is 4.39 Å². The highest BCUT2D eigenvalue weighted by Crippen LogP contribution is 2.30. The summed E-state index contributed by atoms with van der Waals surface area (Å²) in [6.07, 6.45) is 6.90. The molecule has 0 radical (unpaired) electrons. The number of fused-ring (bicyclic) bond motifs is 1. The summed E-state index contributed by atoms with van der Waals surface area (Å²) in [5, 5.41) is 3.66. The van der Waals surface area contributed by atoms with Gasteiger partial charge in [-0.1, -0.05) is 20.4 Å². The molecule has 0 fully saturated rings. The molecule has 0 saturated carbocycles. The Morgan fingerprint density at radius 1 is 1.16 bits per heavy atom. The van der Waals surface area contributed by atoms with E-state index in [1.54, 1.807) is 20.5 Å². The molecule has 1 aliphatic rings. The van der Waals surface area contributed by atoms with Gasteiger partial charge in [-0.15, -0.1) is 0 Å². The van der Waals surface area contributed by atoms with E-state index in [-0.39, 0.29) is 17.3 Å². The van der Waals surface area contributed by atoms with Crippen molar-refractivity contribution in [1.82, 2.24) is 24.2 Å². The Morgan fingerprint density at radius 2 is 1.87 bits per heavy atom. The van der Waals surface area contributed by atoms with Gasteiger partial charge in [0.25, 0.3) is 5.56 Å². The minimum absolute atomic E-state index is 0.00998. The van der Waals surface area contributed by atoms with Crippen LogP contribution in [0.25, 0.3) is 16.7 Å². The van der Waals surface area contributed by atoms with Gasteiger partial charge in [-0.05, 0) is 64.3 Å². The molecule has 8 nitrogen and oxygen atoms in total. The number of allylic oxidation sites excluding steroid dienone is 3. The van der Waals surface area contributed by atoms with E-state index in [4.69, 9.17) is 4.98 Å². The van der Waals surface area contributed by atoms with Crippen LogP contribution in [0.4, 0.5) is 21.7 Å². The number of nitrogens with zero attached hydrogens (tertiary/aromatic N) is 6. The number of hydrogen-bond donors (Lipinski definition) is 1. The van der Waals surface area contributed by atoms with Crippen LogP contribution >= 0.6 is 0 Å². The van der Waals surface area contributed by atoms with Crippen molar-refractivity contribution in [1.29, 1.82) is 0 Å². The molecule has 0 atom stereocenters. The molecule has 1 aromatic carbocycles. The van der Waals surface area contributed by atoms with E-state index in [1.807, 2.05) is 26.8 Å². The maximum Gasteiger partial charge on any atom is 0.278 e. The minimum Gasteiger partial charge on any atom is -0.371 e. The molecule has 4 rings (SSSR count). The van der Waals surface area contributed by atoms with E-state index in [2.05, 4.69) is 54.7 Å². The Labute approximate surface area is 223 Å². The van der Waals surface area contributed by atoms with Crippen LogP contribution in [0.15, 0.2) is 59.6 Å². The molecule has 0 spiro atoms. The molecule has 1 aliphatic heterocycles. The van der Waals surface area contributed by atoms with Crippen LogP contribution in [-0.4, -0.2) is 43.4 Å². The first-order valence-electron chi connectivity index (χ1n) is 13.4. The van der Waals surface area contributed by atoms with Gasteiger partial charge in [0.15, 0.2) is 5.65 Å². The number of halogens is 1. The highest BCUT2D eigenvalue weighted by molar-refractivity contribution is 5.81. The first kappa shape index (κ1) is 27.2. The van der Waals surface area contributed by atoms with Gasteiger partial charge in [-0.25, -0.2) is 18.7 Å². The van der Waals surface area contributed by atoms with Gasteiger partial charge >= 0.3 is 0 Å². The Balaban J connectivity index is 1.75. The van der Waals surface area contributed by atoms with Crippen LogP contribution in [0.3, 0.4) is 0 Å². The molecule has 3 heterocycles. The first-order chi connectivity index (χ1) is 18.2. The predicted molar refractivity (Wildman–Crippen MR) is 154 cm³/mol. The molecule has 0 aliphatic carbocycles. The molecule has 38 heavy (non-hydrogen) atoms. The largest absolute Gasteiger partial charge is 0.371 e. The highest BCUT2D eigenvalue weighted by atomic mass is 19.1. The number of nitrogens with one attached hydrogen (secondary N) is 1. The molecule has 0 bridgehead atoms. The summed E-state index contributed by atoms with van der Waals surface area (Å²) >= 11 is 0. The van der Waals surface area contributed by atoms with Crippen LogP contribution in [0.1, 0.15) is 53.0 Å². The first-order valence-corrected chi connectivity index (χ1v) is 13.4. The molecule has 0 saturated heterocycles. The minimum atomic E-state index is -0.448. The summed E-state index contributed by atoms with van der Waals surface area (Å²) in [5.74, 6) is -0.0899. The zero-order chi connectivity index (χ0) is 27.6. The third-order valence-corrected chi connectivity index (χ3v) is 6.69. The molecule has 9 heteroatoms. The number of aryl methyl sites for hydroxylation is 1. The number of rotatable bonds is 10.